The van der Waals surface area contributed by atoms with Crippen LogP contribution in [0.4, 0.5) is 0 Å². The SMILES string of the molecule is CCN(CC)[SiH2]N(C(C)C)C(C)C. The van der Waals surface area contributed by atoms with E-state index in [1.165, 1.54) is 13.1 Å². The third kappa shape index (κ3) is 4.79. The molecule has 0 aromatic carbocycles. The van der Waals surface area contributed by atoms with Crippen molar-refractivity contribution in [1.82, 2.24) is 9.13 Å². The third-order valence-electron chi connectivity index (χ3n) is 2.58. The highest BCUT2D eigenvalue weighted by molar-refractivity contribution is 6.28. The van der Waals surface area contributed by atoms with E-state index in [2.05, 4.69) is 50.7 Å². The molecule has 0 heterocycles. The normalized spacial score (nSPS) is 13.4. The van der Waals surface area contributed by atoms with Gasteiger partial charge in [-0.2, -0.15) is 0 Å². The van der Waals surface area contributed by atoms with Crippen LogP contribution in [0.2, 0.25) is 0 Å². The van der Waals surface area contributed by atoms with Crippen LogP contribution < -0.4 is 0 Å². The molecule has 0 atom stereocenters. The Balaban J connectivity index is 4.08. The minimum Gasteiger partial charge on any atom is -0.317 e. The molecule has 13 heavy (non-hydrogen) atoms. The van der Waals surface area contributed by atoms with Gasteiger partial charge in [-0.3, -0.25) is 0 Å². The van der Waals surface area contributed by atoms with Gasteiger partial charge in [-0.05, 0) is 25.2 Å². The molecule has 0 aliphatic carbocycles. The summed E-state index contributed by atoms with van der Waals surface area (Å²) in [6.45, 7) is 16.1. The van der Waals surface area contributed by atoms with E-state index in [0.29, 0.717) is 12.1 Å². The largest absolute Gasteiger partial charge is 0.317 e. The summed E-state index contributed by atoms with van der Waals surface area (Å²) in [5.74, 6) is 0. The molecule has 0 radical (unpaired) electrons. The van der Waals surface area contributed by atoms with E-state index in [-0.39, 0.29) is 9.84 Å². The predicted molar refractivity (Wildman–Crippen MR) is 63.6 cm³/mol. The lowest BCUT2D eigenvalue weighted by molar-refractivity contribution is 0.282. The van der Waals surface area contributed by atoms with E-state index in [1.807, 2.05) is 0 Å². The first kappa shape index (κ1) is 13.1. The second kappa shape index (κ2) is 6.57. The summed E-state index contributed by atoms with van der Waals surface area (Å²) in [6.07, 6.45) is 0. The number of rotatable bonds is 6. The predicted octanol–water partition coefficient (Wildman–Crippen LogP) is 1.45. The zero-order valence-electron chi connectivity index (χ0n) is 10.2. The van der Waals surface area contributed by atoms with Crippen molar-refractivity contribution >= 4 is 9.84 Å². The molecular formula is C10H26N2Si. The zero-order chi connectivity index (χ0) is 10.4. The molecule has 0 amide bonds. The van der Waals surface area contributed by atoms with E-state index < -0.39 is 0 Å². The summed E-state index contributed by atoms with van der Waals surface area (Å²) in [5, 5.41) is 0. The lowest BCUT2D eigenvalue weighted by Crippen LogP contribution is -2.48. The van der Waals surface area contributed by atoms with Crippen LogP contribution in [0.1, 0.15) is 41.5 Å². The Labute approximate surface area is 86.3 Å². The second-order valence-electron chi connectivity index (χ2n) is 4.15. The Morgan fingerprint density at radius 3 is 1.54 bits per heavy atom. The average Bonchev–Trinajstić information content (AvgIpc) is 2.05. The maximum atomic E-state index is 2.66. The van der Waals surface area contributed by atoms with Gasteiger partial charge < -0.3 is 9.13 Å². The maximum absolute atomic E-state index is 2.66. The monoisotopic (exact) mass is 202 g/mol. The van der Waals surface area contributed by atoms with Crippen LogP contribution in [0, 0.1) is 0 Å². The molecular weight excluding hydrogens is 176 g/mol. The molecule has 80 valence electrons. The van der Waals surface area contributed by atoms with Crippen molar-refractivity contribution in [2.45, 2.75) is 53.6 Å². The highest BCUT2D eigenvalue weighted by Crippen LogP contribution is 2.04. The summed E-state index contributed by atoms with van der Waals surface area (Å²) in [7, 11) is -0.189. The topological polar surface area (TPSA) is 6.48 Å². The van der Waals surface area contributed by atoms with Crippen LogP contribution in [0.3, 0.4) is 0 Å². The number of hydrogen-bond acceptors (Lipinski definition) is 2. The molecule has 0 saturated heterocycles. The van der Waals surface area contributed by atoms with E-state index in [0.717, 1.165) is 0 Å². The minimum absolute atomic E-state index is 0.189. The Morgan fingerprint density at radius 2 is 1.31 bits per heavy atom. The quantitative estimate of drug-likeness (QED) is 0.602. The molecule has 0 aliphatic heterocycles. The van der Waals surface area contributed by atoms with Gasteiger partial charge >= 0.3 is 0 Å². The number of nitrogens with zero attached hydrogens (tertiary/aromatic N) is 2. The second-order valence-corrected chi connectivity index (χ2v) is 6.05. The molecule has 0 rings (SSSR count). The van der Waals surface area contributed by atoms with Gasteiger partial charge in [-0.1, -0.05) is 41.5 Å². The number of hydrogen-bond donors (Lipinski definition) is 0. The first-order chi connectivity index (χ1) is 6.02. The van der Waals surface area contributed by atoms with Crippen LogP contribution >= 0.6 is 0 Å². The van der Waals surface area contributed by atoms with Crippen molar-refractivity contribution in [1.29, 1.82) is 0 Å². The average molecular weight is 202 g/mol. The summed E-state index contributed by atoms with van der Waals surface area (Å²) in [6, 6.07) is 1.40. The zero-order valence-corrected chi connectivity index (χ0v) is 11.6. The van der Waals surface area contributed by atoms with Crippen LogP contribution in [-0.4, -0.2) is 44.1 Å². The highest BCUT2D eigenvalue weighted by Gasteiger charge is 2.15. The van der Waals surface area contributed by atoms with E-state index in [4.69, 9.17) is 0 Å². The van der Waals surface area contributed by atoms with Crippen LogP contribution in [0.25, 0.3) is 0 Å². The van der Waals surface area contributed by atoms with Crippen molar-refractivity contribution in [3.05, 3.63) is 0 Å². The van der Waals surface area contributed by atoms with Gasteiger partial charge in [0, 0.05) is 0 Å². The van der Waals surface area contributed by atoms with Gasteiger partial charge in [0.15, 0.2) is 9.84 Å². The third-order valence-corrected chi connectivity index (χ3v) is 5.67. The Morgan fingerprint density at radius 1 is 0.923 bits per heavy atom. The van der Waals surface area contributed by atoms with E-state index >= 15 is 0 Å². The van der Waals surface area contributed by atoms with Gasteiger partial charge in [-0.25, -0.2) is 0 Å². The molecule has 0 saturated carbocycles. The Kier molecular flexibility index (Phi) is 6.64. The van der Waals surface area contributed by atoms with Crippen LogP contribution in [0.15, 0.2) is 0 Å². The molecule has 0 aromatic heterocycles. The molecule has 2 nitrogen and oxygen atoms in total. The maximum Gasteiger partial charge on any atom is 0.173 e. The molecule has 0 bridgehead atoms. The van der Waals surface area contributed by atoms with Crippen molar-refractivity contribution in [3.8, 4) is 0 Å². The van der Waals surface area contributed by atoms with Crippen LogP contribution in [-0.2, 0) is 0 Å². The molecule has 0 unspecified atom stereocenters. The van der Waals surface area contributed by atoms with Gasteiger partial charge in [0.1, 0.15) is 0 Å². The Hall–Kier alpha value is 0.137. The van der Waals surface area contributed by atoms with Crippen LogP contribution in [0.5, 0.6) is 0 Å². The van der Waals surface area contributed by atoms with Crippen molar-refractivity contribution in [2.24, 2.45) is 0 Å². The minimum atomic E-state index is -0.189. The van der Waals surface area contributed by atoms with Gasteiger partial charge in [0.05, 0.1) is 0 Å². The summed E-state index contributed by atoms with van der Waals surface area (Å²) < 4.78 is 5.26. The fourth-order valence-electron chi connectivity index (χ4n) is 1.58. The molecule has 0 aliphatic rings. The van der Waals surface area contributed by atoms with E-state index in [1.54, 1.807) is 0 Å². The first-order valence-corrected chi connectivity index (χ1v) is 6.77. The van der Waals surface area contributed by atoms with Crippen molar-refractivity contribution in [2.75, 3.05) is 13.1 Å². The summed E-state index contributed by atoms with van der Waals surface area (Å²) in [5.41, 5.74) is 0. The van der Waals surface area contributed by atoms with E-state index in [9.17, 15) is 0 Å². The molecule has 0 N–H and O–H groups in total. The highest BCUT2D eigenvalue weighted by atomic mass is 28.2. The molecule has 0 spiro atoms. The van der Waals surface area contributed by atoms with Gasteiger partial charge in [0.25, 0.3) is 0 Å². The van der Waals surface area contributed by atoms with Crippen molar-refractivity contribution in [3.63, 3.8) is 0 Å². The summed E-state index contributed by atoms with van der Waals surface area (Å²) in [4.78, 5) is 0. The van der Waals surface area contributed by atoms with Gasteiger partial charge in [0.2, 0.25) is 0 Å². The lowest BCUT2D eigenvalue weighted by atomic mass is 10.3. The lowest BCUT2D eigenvalue weighted by Gasteiger charge is -2.34. The molecule has 3 heteroatoms. The summed E-state index contributed by atoms with van der Waals surface area (Å²) >= 11 is 0. The van der Waals surface area contributed by atoms with Gasteiger partial charge in [-0.15, -0.1) is 0 Å². The van der Waals surface area contributed by atoms with Crippen molar-refractivity contribution < 1.29 is 0 Å². The molecule has 0 aromatic rings. The fourth-order valence-corrected chi connectivity index (χ4v) is 3.09. The fraction of sp³-hybridized carbons (Fsp3) is 1.00. The Bertz CT molecular complexity index is 114. The molecule has 0 fully saturated rings. The first-order valence-electron chi connectivity index (χ1n) is 5.50. The smallest absolute Gasteiger partial charge is 0.173 e. The standard InChI is InChI=1S/C10H26N2Si/c1-7-11(8-2)13-12(9(3)4)10(5)6/h9-10H,7-8,13H2,1-6H3.